The molecule has 6 aliphatic rings. The Morgan fingerprint density at radius 2 is 1.29 bits per heavy atom. The van der Waals surface area contributed by atoms with Crippen molar-refractivity contribution in [2.45, 2.75) is 175 Å². The number of aryl methyl sites for hydroxylation is 1. The first-order valence-electron chi connectivity index (χ1n) is 31.3. The third-order valence-corrected chi connectivity index (χ3v) is 18.1. The van der Waals surface area contributed by atoms with E-state index in [4.69, 9.17) is 29.4 Å². The zero-order valence-electron chi connectivity index (χ0n) is 56.4. The van der Waals surface area contributed by atoms with Crippen LogP contribution in [0, 0.1) is 31.6 Å². The molecule has 1 aliphatic carbocycles. The number of nitrogens with one attached hydrogen (secondary N) is 4. The Morgan fingerprint density at radius 1 is 0.737 bits per heavy atom. The minimum Gasteiger partial charge on any atom is -0.458 e. The summed E-state index contributed by atoms with van der Waals surface area (Å²) in [7, 11) is 6.42. The van der Waals surface area contributed by atoms with Gasteiger partial charge in [0.2, 0.25) is 46.8 Å². The molecule has 5 aliphatic heterocycles. The number of likely N-dealkylation sites (N-methyl/N-ethyl adjacent to an activating group) is 4. The number of fused-ring (bicyclic) bond motifs is 4. The number of amides is 10. The molecule has 1 aromatic rings. The third-order valence-electron chi connectivity index (χ3n) is 18.1. The van der Waals surface area contributed by atoms with E-state index in [1.807, 2.05) is 0 Å². The number of carbonyl (C=O) groups is 12. The number of oxime groups is 1. The second-order valence-corrected chi connectivity index (χ2v) is 26.0. The van der Waals surface area contributed by atoms with Gasteiger partial charge >= 0.3 is 11.9 Å². The van der Waals surface area contributed by atoms with E-state index < -0.39 is 210 Å². The standard InChI is InChI=1S/C63H87N13O19/c1-25(2)42-58(86)75-29(8)20-35(70-92-17)49(75)60(88)71(13)22-38(79)73(15)32(11)62(90)94-37(24-77)46(57(85)67-42)69-55(83)40-41(64)51(81)31(10)53-47(40)65-45-34(19-18-28(7)52(45)95-53)54(82)68-44-33(12)93-63(91)48(27(5)6)74(16)39(80)23-72(14)61(89)50-36(78)21-30(9)76(50)59(87)43(26(3)4)66-56(44)84/h18-19,25-27,29-30,32-33,36-37,42-44,46,48-50,77-78H,20-24,64H2,1-17H3,(H,66,84)(H,67,85)(H,68,82)(H,69,83)/b70-35+. The van der Waals surface area contributed by atoms with Gasteiger partial charge in [-0.15, -0.1) is 0 Å². The molecule has 0 spiro atoms. The van der Waals surface area contributed by atoms with E-state index in [1.165, 1.54) is 73.1 Å². The fraction of sp³-hybridized carbons (Fsp3) is 0.603. The number of hydrogen-bond acceptors (Lipinski definition) is 22. The summed E-state index contributed by atoms with van der Waals surface area (Å²) < 4.78 is 18.0. The molecule has 0 saturated carbocycles. The van der Waals surface area contributed by atoms with Gasteiger partial charge in [0.1, 0.15) is 66.7 Å². The number of aliphatic hydroxyl groups excluding tert-OH is 2. The van der Waals surface area contributed by atoms with Gasteiger partial charge < -0.3 is 85.3 Å². The van der Waals surface area contributed by atoms with Crippen molar-refractivity contribution in [3.8, 4) is 11.5 Å². The van der Waals surface area contributed by atoms with Gasteiger partial charge in [-0.05, 0) is 77.3 Å². The number of nitrogen functional groups attached to an aromatic ring is 1. The maximum Gasteiger partial charge on any atom is 0.329 e. The highest BCUT2D eigenvalue weighted by Gasteiger charge is 2.52. The van der Waals surface area contributed by atoms with Crippen molar-refractivity contribution in [3.05, 3.63) is 44.6 Å². The molecule has 95 heavy (non-hydrogen) atoms. The van der Waals surface area contributed by atoms with Crippen LogP contribution in [-0.2, 0) is 62.3 Å². The molecule has 1 aromatic carbocycles. The Bertz CT molecular complexity index is 3650. The predicted octanol–water partition coefficient (Wildman–Crippen LogP) is -1.58. The van der Waals surface area contributed by atoms with E-state index in [0.717, 1.165) is 24.5 Å². The molecule has 13 atom stereocenters. The van der Waals surface area contributed by atoms with Gasteiger partial charge in [-0.3, -0.25) is 52.7 Å². The molecule has 5 heterocycles. The Labute approximate surface area is 548 Å². The van der Waals surface area contributed by atoms with Gasteiger partial charge in [-0.2, -0.15) is 0 Å². The number of benzene rings is 2. The largest absolute Gasteiger partial charge is 0.458 e. The number of rotatable bonds is 9. The number of anilines is 1. The van der Waals surface area contributed by atoms with E-state index in [2.05, 4.69) is 26.4 Å². The van der Waals surface area contributed by atoms with Crippen molar-refractivity contribution in [1.82, 2.24) is 55.7 Å². The van der Waals surface area contributed by atoms with Crippen LogP contribution < -0.4 is 32.4 Å². The summed E-state index contributed by atoms with van der Waals surface area (Å²) in [6.45, 7) is 15.9. The van der Waals surface area contributed by atoms with Crippen LogP contribution in [0.25, 0.3) is 22.6 Å². The number of carbonyl (C=O) groups excluding carboxylic acids is 12. The molecule has 518 valence electrons. The predicted molar refractivity (Wildman–Crippen MR) is 338 cm³/mol. The molecule has 4 fully saturated rings. The molecule has 8 N–H and O–H groups in total. The van der Waals surface area contributed by atoms with Crippen molar-refractivity contribution in [2.75, 3.05) is 60.7 Å². The summed E-state index contributed by atoms with van der Waals surface area (Å²) in [5, 5.41) is 36.6. The lowest BCUT2D eigenvalue weighted by molar-refractivity contribution is -0.163. The molecule has 0 aromatic heterocycles. The highest BCUT2D eigenvalue weighted by molar-refractivity contribution is 6.14. The minimum atomic E-state index is -2.18. The molecular weight excluding hydrogens is 1240 g/mol. The van der Waals surface area contributed by atoms with Gasteiger partial charge in [0.15, 0.2) is 23.5 Å². The molecular formula is C63H87N13O19. The van der Waals surface area contributed by atoms with Crippen LogP contribution in [0.3, 0.4) is 0 Å². The van der Waals surface area contributed by atoms with Crippen LogP contribution in [-0.4, -0.2) is 255 Å². The SMILES string of the molecule is CO/N=C1\CC(C)N2C(=O)C(C(C)C)NC(=O)C(NC(=O)c3c4nc5c(C(=O)NC6C(=O)NC(C(C)C)C(=O)N7C(C)CC(O)C7C(=O)N(C)CC(=O)N(C)C(C(C)C)C(=O)OC6C)ccc(C)c5oc-4c(C)c(=O)c3N)C(CO)OC(=O)C(C)N(C)C(=O)CN(C)C(=O)C12. The van der Waals surface area contributed by atoms with Crippen LogP contribution >= 0.6 is 0 Å². The number of ether oxygens (including phenoxy) is 2. The first-order chi connectivity index (χ1) is 44.4. The Balaban J connectivity index is 1.34. The Hall–Kier alpha value is -9.33. The van der Waals surface area contributed by atoms with Gasteiger partial charge in [0.25, 0.3) is 17.7 Å². The zero-order valence-corrected chi connectivity index (χ0v) is 56.4. The van der Waals surface area contributed by atoms with Crippen molar-refractivity contribution >= 4 is 93.5 Å². The second-order valence-electron chi connectivity index (χ2n) is 26.0. The van der Waals surface area contributed by atoms with E-state index >= 15 is 14.4 Å². The van der Waals surface area contributed by atoms with Crippen LogP contribution in [0.2, 0.25) is 0 Å². The quantitative estimate of drug-likeness (QED) is 0.0550. The molecule has 32 heteroatoms. The molecule has 32 nitrogen and oxygen atoms in total. The number of cyclic esters (lactones) is 2. The topological polar surface area (TPSA) is 422 Å². The van der Waals surface area contributed by atoms with Crippen molar-refractivity contribution < 1.29 is 86.5 Å². The molecule has 13 unspecified atom stereocenters. The zero-order chi connectivity index (χ0) is 71.0. The van der Waals surface area contributed by atoms with E-state index in [-0.39, 0.29) is 46.5 Å². The van der Waals surface area contributed by atoms with Crippen LogP contribution in [0.1, 0.15) is 114 Å². The number of aromatic nitrogens is 1. The van der Waals surface area contributed by atoms with Crippen LogP contribution in [0.5, 0.6) is 0 Å². The normalized spacial score (nSPS) is 28.2. The van der Waals surface area contributed by atoms with E-state index in [0.29, 0.717) is 5.56 Å². The fourth-order valence-corrected chi connectivity index (χ4v) is 12.4. The second kappa shape index (κ2) is 29.1. The van der Waals surface area contributed by atoms with Crippen LogP contribution in [0.15, 0.2) is 26.5 Å². The smallest absolute Gasteiger partial charge is 0.329 e. The fourth-order valence-electron chi connectivity index (χ4n) is 12.4. The summed E-state index contributed by atoms with van der Waals surface area (Å²) in [6.07, 6.45) is -4.99. The Morgan fingerprint density at radius 3 is 1.86 bits per heavy atom. The Kier molecular flexibility index (Phi) is 22.4. The highest BCUT2D eigenvalue weighted by atomic mass is 16.6. The first-order valence-corrected chi connectivity index (χ1v) is 31.3. The monoisotopic (exact) mass is 1330 g/mol. The lowest BCUT2D eigenvalue weighted by Crippen LogP contribution is -2.63. The summed E-state index contributed by atoms with van der Waals surface area (Å²) in [4.78, 5) is 205. The average Bonchev–Trinajstić information content (AvgIpc) is 1.36. The molecule has 10 amide bonds. The first kappa shape index (κ1) is 73.1. The maximum atomic E-state index is 15.2. The van der Waals surface area contributed by atoms with Crippen molar-refractivity contribution in [3.63, 3.8) is 0 Å². The van der Waals surface area contributed by atoms with Gasteiger partial charge in [-0.25, -0.2) is 14.6 Å². The minimum absolute atomic E-state index is 0.0322. The lowest BCUT2D eigenvalue weighted by Gasteiger charge is -2.37. The maximum absolute atomic E-state index is 15.2. The number of aliphatic hydroxyl groups is 2. The number of hydrogen-bond donors (Lipinski definition) is 7. The summed E-state index contributed by atoms with van der Waals surface area (Å²) in [5.74, 6) is -14.1. The summed E-state index contributed by atoms with van der Waals surface area (Å²) in [6, 6.07) is -11.5. The number of nitrogens with two attached hydrogens (primary N) is 1. The van der Waals surface area contributed by atoms with Crippen molar-refractivity contribution in [1.29, 1.82) is 0 Å². The highest BCUT2D eigenvalue weighted by Crippen LogP contribution is 2.36. The molecule has 0 bridgehead atoms. The van der Waals surface area contributed by atoms with Gasteiger partial charge in [-0.1, -0.05) is 52.8 Å². The van der Waals surface area contributed by atoms with Gasteiger partial charge in [0, 0.05) is 52.3 Å². The number of esters is 2. The van der Waals surface area contributed by atoms with Crippen LogP contribution in [0.4, 0.5) is 5.69 Å². The van der Waals surface area contributed by atoms with E-state index in [1.54, 1.807) is 62.3 Å². The molecule has 4 saturated heterocycles. The lowest BCUT2D eigenvalue weighted by atomic mass is 9.98. The van der Waals surface area contributed by atoms with Crippen molar-refractivity contribution in [2.24, 2.45) is 22.9 Å². The summed E-state index contributed by atoms with van der Waals surface area (Å²) in [5.41, 5.74) is 2.93. The molecule has 7 rings (SSSR count). The third kappa shape index (κ3) is 14.4. The van der Waals surface area contributed by atoms with Gasteiger partial charge in [0.05, 0.1) is 48.3 Å². The van der Waals surface area contributed by atoms with E-state index in [9.17, 15) is 58.2 Å². The summed E-state index contributed by atoms with van der Waals surface area (Å²) >= 11 is 0. The number of nitrogens with zero attached hydrogens (tertiary/aromatic N) is 8. The average molecular weight is 1330 g/mol. The molecule has 0 radical (unpaired) electrons.